The van der Waals surface area contributed by atoms with Gasteiger partial charge in [-0.2, -0.15) is 0 Å². The minimum absolute atomic E-state index is 0.00520. The molecule has 1 aromatic heterocycles. The van der Waals surface area contributed by atoms with Crippen LogP contribution < -0.4 is 11.1 Å². The second-order valence-corrected chi connectivity index (χ2v) is 5.39. The van der Waals surface area contributed by atoms with Crippen molar-refractivity contribution in [3.8, 4) is 0 Å². The van der Waals surface area contributed by atoms with Crippen molar-refractivity contribution in [3.05, 3.63) is 16.1 Å². The second-order valence-electron chi connectivity index (χ2n) is 4.50. The lowest BCUT2D eigenvalue weighted by Gasteiger charge is -2.12. The van der Waals surface area contributed by atoms with Crippen LogP contribution in [0.15, 0.2) is 5.38 Å². The minimum Gasteiger partial charge on any atom is -0.347 e. The van der Waals surface area contributed by atoms with E-state index < -0.39 is 0 Å². The summed E-state index contributed by atoms with van der Waals surface area (Å²) in [5.41, 5.74) is 6.52. The van der Waals surface area contributed by atoms with E-state index in [1.807, 2.05) is 19.2 Å². The summed E-state index contributed by atoms with van der Waals surface area (Å²) in [6, 6.07) is -0.00520. The van der Waals surface area contributed by atoms with Crippen LogP contribution in [0.5, 0.6) is 0 Å². The number of hydrogen-bond acceptors (Lipinski definition) is 4. The topological polar surface area (TPSA) is 68.0 Å². The van der Waals surface area contributed by atoms with Crippen molar-refractivity contribution in [2.24, 2.45) is 11.7 Å². The Balaban J connectivity index is 2.36. The first-order valence-electron chi connectivity index (χ1n) is 5.94. The highest BCUT2D eigenvalue weighted by molar-refractivity contribution is 7.09. The molecule has 0 aromatic carbocycles. The van der Waals surface area contributed by atoms with E-state index in [0.717, 1.165) is 17.1 Å². The number of aromatic nitrogens is 1. The van der Waals surface area contributed by atoms with Crippen LogP contribution in [0.1, 0.15) is 43.4 Å². The lowest BCUT2D eigenvalue weighted by atomic mass is 10.1. The number of nitrogens with one attached hydrogen (secondary N) is 1. The standard InChI is InChI=1S/C12H21N3OS/c1-8(6-13)4-5-11(16)15-10(3)12-14-9(2)7-17-12/h7-8,10H,4-6,13H2,1-3H3,(H,15,16). The monoisotopic (exact) mass is 255 g/mol. The van der Waals surface area contributed by atoms with Gasteiger partial charge in [-0.25, -0.2) is 4.98 Å². The van der Waals surface area contributed by atoms with Crippen LogP contribution in [-0.4, -0.2) is 17.4 Å². The largest absolute Gasteiger partial charge is 0.347 e. The summed E-state index contributed by atoms with van der Waals surface area (Å²) in [4.78, 5) is 16.0. The molecule has 0 radical (unpaired) electrons. The van der Waals surface area contributed by atoms with Gasteiger partial charge in [-0.1, -0.05) is 6.92 Å². The van der Waals surface area contributed by atoms with Crippen molar-refractivity contribution < 1.29 is 4.79 Å². The normalized spacial score (nSPS) is 14.4. The number of aryl methyl sites for hydroxylation is 1. The van der Waals surface area contributed by atoms with E-state index in [1.165, 1.54) is 0 Å². The lowest BCUT2D eigenvalue weighted by molar-refractivity contribution is -0.122. The highest BCUT2D eigenvalue weighted by atomic mass is 32.1. The lowest BCUT2D eigenvalue weighted by Crippen LogP contribution is -2.27. The second kappa shape index (κ2) is 6.71. The van der Waals surface area contributed by atoms with Crippen molar-refractivity contribution in [2.45, 2.75) is 39.7 Å². The number of thiazole rings is 1. The highest BCUT2D eigenvalue weighted by Gasteiger charge is 2.13. The molecule has 0 aliphatic heterocycles. The van der Waals surface area contributed by atoms with Crippen LogP contribution in [0.2, 0.25) is 0 Å². The van der Waals surface area contributed by atoms with Gasteiger partial charge in [0.25, 0.3) is 0 Å². The molecule has 3 N–H and O–H groups in total. The Morgan fingerprint density at radius 2 is 2.29 bits per heavy atom. The van der Waals surface area contributed by atoms with Crippen molar-refractivity contribution in [1.82, 2.24) is 10.3 Å². The molecule has 17 heavy (non-hydrogen) atoms. The van der Waals surface area contributed by atoms with Crippen molar-refractivity contribution >= 4 is 17.2 Å². The van der Waals surface area contributed by atoms with Crippen molar-refractivity contribution in [1.29, 1.82) is 0 Å². The number of carbonyl (C=O) groups is 1. The first kappa shape index (κ1) is 14.1. The number of rotatable bonds is 6. The maximum Gasteiger partial charge on any atom is 0.220 e. The van der Waals surface area contributed by atoms with Gasteiger partial charge in [0.05, 0.1) is 6.04 Å². The molecule has 0 aliphatic carbocycles. The van der Waals surface area contributed by atoms with Gasteiger partial charge < -0.3 is 11.1 Å². The summed E-state index contributed by atoms with van der Waals surface area (Å²) in [5, 5.41) is 5.91. The zero-order valence-corrected chi connectivity index (χ0v) is 11.5. The van der Waals surface area contributed by atoms with Gasteiger partial charge in [0.1, 0.15) is 5.01 Å². The molecule has 1 rings (SSSR count). The molecule has 1 amide bonds. The van der Waals surface area contributed by atoms with E-state index in [0.29, 0.717) is 18.9 Å². The predicted octanol–water partition coefficient (Wildman–Crippen LogP) is 2.00. The third-order valence-electron chi connectivity index (χ3n) is 2.65. The van der Waals surface area contributed by atoms with E-state index in [-0.39, 0.29) is 11.9 Å². The van der Waals surface area contributed by atoms with E-state index in [4.69, 9.17) is 5.73 Å². The quantitative estimate of drug-likeness (QED) is 0.817. The third-order valence-corrected chi connectivity index (χ3v) is 3.80. The molecule has 2 atom stereocenters. The minimum atomic E-state index is -0.00520. The molecule has 0 saturated heterocycles. The van der Waals surface area contributed by atoms with Crippen LogP contribution in [-0.2, 0) is 4.79 Å². The van der Waals surface area contributed by atoms with Crippen molar-refractivity contribution in [3.63, 3.8) is 0 Å². The fourth-order valence-electron chi connectivity index (χ4n) is 1.44. The summed E-state index contributed by atoms with van der Waals surface area (Å²) >= 11 is 1.58. The van der Waals surface area contributed by atoms with Gasteiger partial charge in [0.2, 0.25) is 5.91 Å². The Bertz CT molecular complexity index is 364. The van der Waals surface area contributed by atoms with E-state index >= 15 is 0 Å². The van der Waals surface area contributed by atoms with E-state index in [1.54, 1.807) is 11.3 Å². The average Bonchev–Trinajstić information content (AvgIpc) is 2.72. The van der Waals surface area contributed by atoms with E-state index in [2.05, 4.69) is 17.2 Å². The van der Waals surface area contributed by atoms with Crippen LogP contribution in [0, 0.1) is 12.8 Å². The number of carbonyl (C=O) groups excluding carboxylic acids is 1. The smallest absolute Gasteiger partial charge is 0.220 e. The zero-order chi connectivity index (χ0) is 12.8. The molecule has 1 heterocycles. The summed E-state index contributed by atoms with van der Waals surface area (Å²) in [6.07, 6.45) is 1.37. The number of hydrogen-bond donors (Lipinski definition) is 2. The molecule has 1 aromatic rings. The summed E-state index contributed by atoms with van der Waals surface area (Å²) in [5.74, 6) is 0.476. The molecule has 96 valence electrons. The van der Waals surface area contributed by atoms with Gasteiger partial charge in [-0.15, -0.1) is 11.3 Å². The first-order valence-corrected chi connectivity index (χ1v) is 6.82. The number of nitrogens with zero attached hydrogens (tertiary/aromatic N) is 1. The molecule has 0 spiro atoms. The summed E-state index contributed by atoms with van der Waals surface area (Å²) in [6.45, 7) is 6.61. The maximum absolute atomic E-state index is 11.7. The molecule has 2 unspecified atom stereocenters. The fraction of sp³-hybridized carbons (Fsp3) is 0.667. The molecule has 0 bridgehead atoms. The summed E-state index contributed by atoms with van der Waals surface area (Å²) in [7, 11) is 0. The molecule has 0 aliphatic rings. The van der Waals surface area contributed by atoms with Gasteiger partial charge in [0, 0.05) is 17.5 Å². The van der Waals surface area contributed by atoms with Crippen LogP contribution in [0.4, 0.5) is 0 Å². The van der Waals surface area contributed by atoms with Crippen molar-refractivity contribution in [2.75, 3.05) is 6.54 Å². The Morgan fingerprint density at radius 3 is 2.82 bits per heavy atom. The van der Waals surface area contributed by atoms with Gasteiger partial charge in [-0.05, 0) is 32.7 Å². The number of nitrogens with two attached hydrogens (primary N) is 1. The molecule has 4 nitrogen and oxygen atoms in total. The van der Waals surface area contributed by atoms with Crippen LogP contribution in [0.3, 0.4) is 0 Å². The predicted molar refractivity (Wildman–Crippen MR) is 70.9 cm³/mol. The Morgan fingerprint density at radius 1 is 1.59 bits per heavy atom. The van der Waals surface area contributed by atoms with Gasteiger partial charge in [-0.3, -0.25) is 4.79 Å². The first-order chi connectivity index (χ1) is 8.02. The highest BCUT2D eigenvalue weighted by Crippen LogP contribution is 2.17. The molecular weight excluding hydrogens is 234 g/mol. The molecular formula is C12H21N3OS. The van der Waals surface area contributed by atoms with Gasteiger partial charge >= 0.3 is 0 Å². The Kier molecular flexibility index (Phi) is 5.58. The van der Waals surface area contributed by atoms with E-state index in [9.17, 15) is 4.79 Å². The Labute approximate surface area is 107 Å². The third kappa shape index (κ3) is 4.83. The summed E-state index contributed by atoms with van der Waals surface area (Å²) < 4.78 is 0. The molecule has 5 heteroatoms. The molecule has 0 saturated carbocycles. The Hall–Kier alpha value is -0.940. The zero-order valence-electron chi connectivity index (χ0n) is 10.7. The average molecular weight is 255 g/mol. The fourth-order valence-corrected chi connectivity index (χ4v) is 2.25. The SMILES string of the molecule is Cc1csc(C(C)NC(=O)CCC(C)CN)n1. The van der Waals surface area contributed by atoms with Crippen LogP contribution >= 0.6 is 11.3 Å². The number of amides is 1. The molecule has 0 fully saturated rings. The maximum atomic E-state index is 11.7. The van der Waals surface area contributed by atoms with Crippen LogP contribution in [0.25, 0.3) is 0 Å². The van der Waals surface area contributed by atoms with Gasteiger partial charge in [0.15, 0.2) is 0 Å².